The predicted octanol–water partition coefficient (Wildman–Crippen LogP) is 15.5. The number of rotatable bonds is 6. The molecule has 57 heavy (non-hydrogen) atoms. The van der Waals surface area contributed by atoms with Crippen molar-refractivity contribution >= 4 is 49.8 Å². The summed E-state index contributed by atoms with van der Waals surface area (Å²) in [5, 5.41) is 4.59. The van der Waals surface area contributed by atoms with Crippen LogP contribution in [0.3, 0.4) is 0 Å². The van der Waals surface area contributed by atoms with Gasteiger partial charge in [-0.15, -0.1) is 0 Å². The number of benzene rings is 9. The van der Waals surface area contributed by atoms with Crippen LogP contribution in [0, 0.1) is 0 Å². The molecule has 2 heteroatoms. The molecule has 0 saturated carbocycles. The van der Waals surface area contributed by atoms with Crippen LogP contribution in [-0.2, 0) is 5.41 Å². The summed E-state index contributed by atoms with van der Waals surface area (Å²) < 4.78 is 6.43. The second-order valence-electron chi connectivity index (χ2n) is 15.7. The fraction of sp³-hybridized carbons (Fsp3) is 0.0545. The molecule has 0 saturated heterocycles. The summed E-state index contributed by atoms with van der Waals surface area (Å²) in [5.74, 6) is 0. The van der Waals surface area contributed by atoms with E-state index < -0.39 is 0 Å². The normalized spacial score (nSPS) is 12.9. The SMILES string of the molecule is CC1(C)c2ccccc2-c2ccc(N(c3ccc(-c4ccc(-c5ccccc5)cc4)cc3)c3ccc(-c4cc5c6ccccc6oc5c5ccccc45)cc3)cc21. The fourth-order valence-corrected chi connectivity index (χ4v) is 9.14. The van der Waals surface area contributed by atoms with Crippen molar-refractivity contribution in [3.63, 3.8) is 0 Å². The van der Waals surface area contributed by atoms with Crippen molar-refractivity contribution in [2.24, 2.45) is 0 Å². The van der Waals surface area contributed by atoms with Gasteiger partial charge in [0.15, 0.2) is 0 Å². The topological polar surface area (TPSA) is 16.4 Å². The molecule has 0 amide bonds. The first-order valence-electron chi connectivity index (χ1n) is 19.8. The quantitative estimate of drug-likeness (QED) is 0.169. The highest BCUT2D eigenvalue weighted by Crippen LogP contribution is 2.51. The second-order valence-corrected chi connectivity index (χ2v) is 15.7. The van der Waals surface area contributed by atoms with E-state index >= 15 is 0 Å². The minimum absolute atomic E-state index is 0.107. The molecule has 0 unspecified atom stereocenters. The summed E-state index contributed by atoms with van der Waals surface area (Å²) in [7, 11) is 0. The average Bonchev–Trinajstić information content (AvgIpc) is 3.76. The van der Waals surface area contributed by atoms with Gasteiger partial charge in [0.1, 0.15) is 11.2 Å². The van der Waals surface area contributed by atoms with Gasteiger partial charge in [0.25, 0.3) is 0 Å². The van der Waals surface area contributed by atoms with Crippen LogP contribution in [0.5, 0.6) is 0 Å². The molecular weight excluding hydrogens is 691 g/mol. The first-order valence-corrected chi connectivity index (χ1v) is 19.8. The van der Waals surface area contributed by atoms with Crippen molar-refractivity contribution in [1.82, 2.24) is 0 Å². The van der Waals surface area contributed by atoms with Gasteiger partial charge in [-0.25, -0.2) is 0 Å². The lowest BCUT2D eigenvalue weighted by Crippen LogP contribution is -2.16. The van der Waals surface area contributed by atoms with Crippen LogP contribution < -0.4 is 4.90 Å². The lowest BCUT2D eigenvalue weighted by molar-refractivity contribution is 0.660. The van der Waals surface area contributed by atoms with Crippen molar-refractivity contribution in [2.45, 2.75) is 19.3 Å². The highest BCUT2D eigenvalue weighted by molar-refractivity contribution is 6.19. The zero-order chi connectivity index (χ0) is 38.1. The fourth-order valence-electron chi connectivity index (χ4n) is 9.14. The van der Waals surface area contributed by atoms with E-state index in [1.54, 1.807) is 0 Å². The van der Waals surface area contributed by atoms with Crippen LogP contribution in [0.2, 0.25) is 0 Å². The molecule has 2 nitrogen and oxygen atoms in total. The third-order valence-corrected chi connectivity index (χ3v) is 12.1. The van der Waals surface area contributed by atoms with E-state index in [9.17, 15) is 0 Å². The summed E-state index contributed by atoms with van der Waals surface area (Å²) in [6.45, 7) is 4.70. The number of hydrogen-bond acceptors (Lipinski definition) is 2. The van der Waals surface area contributed by atoms with Gasteiger partial charge in [-0.2, -0.15) is 0 Å². The second kappa shape index (κ2) is 13.0. The molecule has 0 aliphatic heterocycles. The monoisotopic (exact) mass is 729 g/mol. The van der Waals surface area contributed by atoms with Gasteiger partial charge in [-0.05, 0) is 110 Å². The van der Waals surface area contributed by atoms with Gasteiger partial charge in [0, 0.05) is 38.6 Å². The molecule has 1 aliphatic carbocycles. The van der Waals surface area contributed by atoms with Crippen LogP contribution in [0.15, 0.2) is 205 Å². The number of furan rings is 1. The lowest BCUT2D eigenvalue weighted by atomic mass is 9.82. The maximum atomic E-state index is 6.43. The Morgan fingerprint density at radius 2 is 0.860 bits per heavy atom. The number of fused-ring (bicyclic) bond motifs is 8. The van der Waals surface area contributed by atoms with E-state index in [-0.39, 0.29) is 5.41 Å². The molecular formula is C55H39NO. The first-order chi connectivity index (χ1) is 28.0. The number of anilines is 3. The lowest BCUT2D eigenvalue weighted by Gasteiger charge is -2.28. The third kappa shape index (κ3) is 5.40. The molecule has 270 valence electrons. The van der Waals surface area contributed by atoms with E-state index in [1.165, 1.54) is 61.0 Å². The van der Waals surface area contributed by atoms with E-state index in [1.807, 2.05) is 6.07 Å². The van der Waals surface area contributed by atoms with Crippen molar-refractivity contribution in [1.29, 1.82) is 0 Å². The van der Waals surface area contributed by atoms with E-state index in [0.717, 1.165) is 44.4 Å². The van der Waals surface area contributed by atoms with Crippen LogP contribution in [0.4, 0.5) is 17.1 Å². The molecule has 9 aromatic carbocycles. The molecule has 1 heterocycles. The number of hydrogen-bond donors (Lipinski definition) is 0. The molecule has 0 N–H and O–H groups in total. The minimum atomic E-state index is -0.107. The molecule has 10 aromatic rings. The molecule has 11 rings (SSSR count). The summed E-state index contributed by atoms with van der Waals surface area (Å²) in [4.78, 5) is 2.40. The summed E-state index contributed by atoms with van der Waals surface area (Å²) >= 11 is 0. The molecule has 0 fully saturated rings. The van der Waals surface area contributed by atoms with E-state index in [2.05, 4.69) is 213 Å². The van der Waals surface area contributed by atoms with Crippen molar-refractivity contribution in [3.8, 4) is 44.5 Å². The Morgan fingerprint density at radius 1 is 0.351 bits per heavy atom. The average molecular weight is 730 g/mol. The summed E-state index contributed by atoms with van der Waals surface area (Å²) in [6, 6.07) is 72.6. The van der Waals surface area contributed by atoms with Crippen molar-refractivity contribution < 1.29 is 4.42 Å². The Labute approximate surface area is 332 Å². The van der Waals surface area contributed by atoms with Gasteiger partial charge < -0.3 is 9.32 Å². The Kier molecular flexibility index (Phi) is 7.55. The molecule has 0 bridgehead atoms. The largest absolute Gasteiger partial charge is 0.455 e. The van der Waals surface area contributed by atoms with Gasteiger partial charge >= 0.3 is 0 Å². The van der Waals surface area contributed by atoms with Crippen LogP contribution >= 0.6 is 0 Å². The van der Waals surface area contributed by atoms with Gasteiger partial charge in [-0.3, -0.25) is 0 Å². The molecule has 0 spiro atoms. The zero-order valence-corrected chi connectivity index (χ0v) is 31.9. The van der Waals surface area contributed by atoms with Gasteiger partial charge in [0.05, 0.1) is 0 Å². The summed E-state index contributed by atoms with van der Waals surface area (Å²) in [5.41, 5.74) is 17.7. The van der Waals surface area contributed by atoms with Crippen molar-refractivity contribution in [3.05, 3.63) is 211 Å². The Bertz CT molecular complexity index is 3120. The van der Waals surface area contributed by atoms with Crippen molar-refractivity contribution in [2.75, 3.05) is 4.90 Å². The van der Waals surface area contributed by atoms with Crippen LogP contribution in [0.25, 0.3) is 77.2 Å². The highest BCUT2D eigenvalue weighted by atomic mass is 16.3. The maximum Gasteiger partial charge on any atom is 0.143 e. The molecule has 1 aliphatic rings. The Balaban J connectivity index is 1.01. The third-order valence-electron chi connectivity index (χ3n) is 12.1. The summed E-state index contributed by atoms with van der Waals surface area (Å²) in [6.07, 6.45) is 0. The first kappa shape index (κ1) is 33.2. The van der Waals surface area contributed by atoms with Crippen LogP contribution in [0.1, 0.15) is 25.0 Å². The Morgan fingerprint density at radius 3 is 1.56 bits per heavy atom. The van der Waals surface area contributed by atoms with Gasteiger partial charge in [0.2, 0.25) is 0 Å². The standard InChI is InChI=1S/C55H39NO/c1-55(2)51-18-10-8-15-45(51)46-33-32-43(34-52(46)55)56(41-28-24-39(25-29-41)38-22-20-37(21-23-38)36-12-4-3-5-13-36)42-30-26-40(27-31-42)49-35-50-47-16-9-11-19-53(47)57-54(50)48-17-7-6-14-44(48)49/h3-35H,1-2H3. The molecule has 1 aromatic heterocycles. The minimum Gasteiger partial charge on any atom is -0.455 e. The van der Waals surface area contributed by atoms with Crippen LogP contribution in [-0.4, -0.2) is 0 Å². The molecule has 0 radical (unpaired) electrons. The smallest absolute Gasteiger partial charge is 0.143 e. The Hall–Kier alpha value is -7.16. The van der Waals surface area contributed by atoms with E-state index in [0.29, 0.717) is 0 Å². The number of nitrogens with zero attached hydrogens (tertiary/aromatic N) is 1. The van der Waals surface area contributed by atoms with E-state index in [4.69, 9.17) is 4.42 Å². The van der Waals surface area contributed by atoms with Gasteiger partial charge in [-0.1, -0.05) is 166 Å². The number of para-hydroxylation sites is 1. The predicted molar refractivity (Wildman–Crippen MR) is 240 cm³/mol. The highest BCUT2D eigenvalue weighted by Gasteiger charge is 2.35. The zero-order valence-electron chi connectivity index (χ0n) is 31.9. The molecule has 0 atom stereocenters. The maximum absolute atomic E-state index is 6.43.